The van der Waals surface area contributed by atoms with Crippen LogP contribution >= 0.6 is 0 Å². The Balaban J connectivity index is 1.66. The van der Waals surface area contributed by atoms with Crippen LogP contribution in [-0.4, -0.2) is 24.7 Å². The van der Waals surface area contributed by atoms with Crippen molar-refractivity contribution in [3.63, 3.8) is 0 Å². The Morgan fingerprint density at radius 2 is 2.26 bits per heavy atom. The number of nitrogens with one attached hydrogen (secondary N) is 2. The van der Waals surface area contributed by atoms with Crippen LogP contribution in [0.4, 0.5) is 0 Å². The van der Waals surface area contributed by atoms with Gasteiger partial charge in [-0.15, -0.1) is 0 Å². The highest BCUT2D eigenvalue weighted by Gasteiger charge is 2.30. The highest BCUT2D eigenvalue weighted by molar-refractivity contribution is 5.82. The summed E-state index contributed by atoms with van der Waals surface area (Å²) in [4.78, 5) is 22.0. The smallest absolute Gasteiger partial charge is 0.224 e. The first-order valence-corrected chi connectivity index (χ1v) is 8.00. The van der Waals surface area contributed by atoms with Gasteiger partial charge >= 0.3 is 0 Å². The molecule has 2 aliphatic rings. The molecule has 23 heavy (non-hydrogen) atoms. The molecule has 1 fully saturated rings. The van der Waals surface area contributed by atoms with Crippen LogP contribution < -0.4 is 25.8 Å². The van der Waals surface area contributed by atoms with Gasteiger partial charge in [0.05, 0.1) is 12.6 Å². The van der Waals surface area contributed by atoms with Gasteiger partial charge in [0.25, 0.3) is 0 Å². The van der Waals surface area contributed by atoms with E-state index in [9.17, 15) is 9.70 Å². The first-order chi connectivity index (χ1) is 11.2. The number of amides is 1. The van der Waals surface area contributed by atoms with Crippen LogP contribution in [0, 0.1) is 10.8 Å². The Morgan fingerprint density at radius 3 is 3.00 bits per heavy atom. The number of hydrogen-bond donors (Lipinski definition) is 2. The molecular weight excluding hydrogens is 294 g/mol. The van der Waals surface area contributed by atoms with Gasteiger partial charge in [0.1, 0.15) is 11.9 Å². The number of nitrogens with zero attached hydrogens (tertiary/aromatic N) is 1. The lowest BCUT2D eigenvalue weighted by Gasteiger charge is -2.19. The monoisotopic (exact) mass is 315 g/mol. The SMILES string of the molecule is C[C@H](CCN=O)Oc1ccc2c(c1)=CNC(NC(=O)C1CC1)C=2. The number of rotatable bonds is 7. The Kier molecular flexibility index (Phi) is 4.60. The van der Waals surface area contributed by atoms with Crippen molar-refractivity contribution >= 4 is 18.2 Å². The Morgan fingerprint density at radius 1 is 1.43 bits per heavy atom. The lowest BCUT2D eigenvalue weighted by molar-refractivity contribution is -0.122. The van der Waals surface area contributed by atoms with E-state index in [0.717, 1.165) is 29.0 Å². The van der Waals surface area contributed by atoms with Gasteiger partial charge in [-0.25, -0.2) is 0 Å². The van der Waals surface area contributed by atoms with E-state index in [1.807, 2.05) is 37.4 Å². The van der Waals surface area contributed by atoms with E-state index in [-0.39, 0.29) is 30.6 Å². The second-order valence-corrected chi connectivity index (χ2v) is 6.10. The standard InChI is InChI=1S/C17H21N3O3/c1-11(6-7-19-22)23-15-5-4-13-9-16(18-10-14(13)8-15)20-17(21)12-2-3-12/h4-5,8-12,16,18H,2-3,6-7H2,1H3,(H,20,21)/t11-,16?/m1/s1. The van der Waals surface area contributed by atoms with Crippen molar-refractivity contribution in [3.8, 4) is 5.75 Å². The number of fused-ring (bicyclic) bond motifs is 1. The van der Waals surface area contributed by atoms with Crippen LogP contribution in [0.1, 0.15) is 26.2 Å². The molecule has 1 aromatic rings. The molecule has 0 radical (unpaired) electrons. The topological polar surface area (TPSA) is 79.8 Å². The number of hydrogen-bond acceptors (Lipinski definition) is 5. The zero-order valence-corrected chi connectivity index (χ0v) is 13.1. The fraction of sp³-hybridized carbons (Fsp3) is 0.471. The second-order valence-electron chi connectivity index (χ2n) is 6.10. The van der Waals surface area contributed by atoms with E-state index in [1.165, 1.54) is 0 Å². The molecular formula is C17H21N3O3. The minimum absolute atomic E-state index is 0.0585. The lowest BCUT2D eigenvalue weighted by atomic mass is 10.1. The van der Waals surface area contributed by atoms with E-state index in [0.29, 0.717) is 6.42 Å². The molecule has 2 N–H and O–H groups in total. The molecule has 1 aliphatic heterocycles. The lowest BCUT2D eigenvalue weighted by Crippen LogP contribution is -2.48. The van der Waals surface area contributed by atoms with E-state index in [4.69, 9.17) is 4.74 Å². The van der Waals surface area contributed by atoms with Gasteiger partial charge in [0.2, 0.25) is 5.91 Å². The molecule has 1 heterocycles. The molecule has 2 atom stereocenters. The normalized spacial score (nSPS) is 20.1. The van der Waals surface area contributed by atoms with Crippen LogP contribution in [0.2, 0.25) is 0 Å². The summed E-state index contributed by atoms with van der Waals surface area (Å²) in [7, 11) is 0. The van der Waals surface area contributed by atoms with Gasteiger partial charge in [0.15, 0.2) is 0 Å². The van der Waals surface area contributed by atoms with Gasteiger partial charge in [-0.05, 0) is 43.2 Å². The summed E-state index contributed by atoms with van der Waals surface area (Å²) in [6.07, 6.45) is 6.26. The molecule has 1 aliphatic carbocycles. The fourth-order valence-corrected chi connectivity index (χ4v) is 2.54. The number of benzene rings is 1. The molecule has 3 rings (SSSR count). The first kappa shape index (κ1) is 15.5. The fourth-order valence-electron chi connectivity index (χ4n) is 2.54. The maximum atomic E-state index is 11.8. The molecule has 0 aromatic heterocycles. The van der Waals surface area contributed by atoms with Gasteiger partial charge in [-0.1, -0.05) is 11.2 Å². The molecule has 1 amide bonds. The van der Waals surface area contributed by atoms with E-state index < -0.39 is 0 Å². The van der Waals surface area contributed by atoms with E-state index in [2.05, 4.69) is 15.8 Å². The van der Waals surface area contributed by atoms with Crippen molar-refractivity contribution in [2.24, 2.45) is 11.1 Å². The minimum atomic E-state index is -0.167. The van der Waals surface area contributed by atoms with Gasteiger partial charge < -0.3 is 15.4 Å². The Bertz CT molecular complexity index is 712. The van der Waals surface area contributed by atoms with Crippen molar-refractivity contribution < 1.29 is 9.53 Å². The molecule has 6 heteroatoms. The number of carbonyl (C=O) groups excluding carboxylic acids is 1. The predicted molar refractivity (Wildman–Crippen MR) is 87.8 cm³/mol. The second kappa shape index (κ2) is 6.81. The quantitative estimate of drug-likeness (QED) is 0.722. The van der Waals surface area contributed by atoms with Crippen molar-refractivity contribution in [3.05, 3.63) is 33.5 Å². The van der Waals surface area contributed by atoms with Gasteiger partial charge in [-0.2, -0.15) is 4.91 Å². The zero-order valence-electron chi connectivity index (χ0n) is 13.1. The van der Waals surface area contributed by atoms with Crippen molar-refractivity contribution in [1.29, 1.82) is 0 Å². The summed E-state index contributed by atoms with van der Waals surface area (Å²) in [6, 6.07) is 5.82. The summed E-state index contributed by atoms with van der Waals surface area (Å²) >= 11 is 0. The van der Waals surface area contributed by atoms with Gasteiger partial charge in [-0.3, -0.25) is 4.79 Å². The maximum absolute atomic E-state index is 11.8. The molecule has 0 bridgehead atoms. The number of nitroso groups, excluding NO2 is 1. The number of carbonyl (C=O) groups is 1. The third-order valence-corrected chi connectivity index (χ3v) is 4.03. The average molecular weight is 315 g/mol. The molecule has 6 nitrogen and oxygen atoms in total. The average Bonchev–Trinajstić information content (AvgIpc) is 3.38. The largest absolute Gasteiger partial charge is 0.491 e. The van der Waals surface area contributed by atoms with Crippen molar-refractivity contribution in [2.45, 2.75) is 38.5 Å². The molecule has 0 spiro atoms. The minimum Gasteiger partial charge on any atom is -0.491 e. The summed E-state index contributed by atoms with van der Waals surface area (Å²) < 4.78 is 5.78. The third-order valence-electron chi connectivity index (χ3n) is 4.03. The summed E-state index contributed by atoms with van der Waals surface area (Å²) in [5.74, 6) is 1.08. The van der Waals surface area contributed by atoms with Crippen molar-refractivity contribution in [1.82, 2.24) is 10.6 Å². The molecule has 1 unspecified atom stereocenters. The van der Waals surface area contributed by atoms with Crippen molar-refractivity contribution in [2.75, 3.05) is 6.54 Å². The van der Waals surface area contributed by atoms with Crippen LogP contribution in [-0.2, 0) is 4.79 Å². The zero-order chi connectivity index (χ0) is 16.2. The van der Waals surface area contributed by atoms with Crippen LogP contribution in [0.15, 0.2) is 23.4 Å². The summed E-state index contributed by atoms with van der Waals surface area (Å²) in [6.45, 7) is 2.18. The third kappa shape index (κ3) is 4.09. The Labute approximate surface area is 134 Å². The molecule has 1 aromatic carbocycles. The molecule has 122 valence electrons. The van der Waals surface area contributed by atoms with Gasteiger partial charge in [0, 0.05) is 23.8 Å². The van der Waals surface area contributed by atoms with Crippen LogP contribution in [0.5, 0.6) is 5.75 Å². The van der Waals surface area contributed by atoms with Crippen LogP contribution in [0.3, 0.4) is 0 Å². The highest BCUT2D eigenvalue weighted by Crippen LogP contribution is 2.28. The number of ether oxygens (including phenoxy) is 1. The van der Waals surface area contributed by atoms with Crippen LogP contribution in [0.25, 0.3) is 12.3 Å². The summed E-state index contributed by atoms with van der Waals surface area (Å²) in [5.41, 5.74) is 0. The molecule has 0 saturated heterocycles. The first-order valence-electron chi connectivity index (χ1n) is 8.00. The highest BCUT2D eigenvalue weighted by atomic mass is 16.5. The predicted octanol–water partition coefficient (Wildman–Crippen LogP) is 0.584. The Hall–Kier alpha value is -2.37. The van der Waals surface area contributed by atoms with E-state index in [1.54, 1.807) is 0 Å². The molecule has 1 saturated carbocycles. The maximum Gasteiger partial charge on any atom is 0.224 e. The summed E-state index contributed by atoms with van der Waals surface area (Å²) in [5, 5.41) is 11.1. The van der Waals surface area contributed by atoms with E-state index >= 15 is 0 Å².